The van der Waals surface area contributed by atoms with Crippen molar-refractivity contribution in [3.05, 3.63) is 29.8 Å². The van der Waals surface area contributed by atoms with Crippen molar-refractivity contribution in [3.63, 3.8) is 0 Å². The van der Waals surface area contributed by atoms with Gasteiger partial charge in [-0.25, -0.2) is 4.79 Å². The van der Waals surface area contributed by atoms with Gasteiger partial charge in [0.05, 0.1) is 6.54 Å². The van der Waals surface area contributed by atoms with Gasteiger partial charge < -0.3 is 31.7 Å². The number of rotatable bonds is 17. The number of anilines is 1. The summed E-state index contributed by atoms with van der Waals surface area (Å²) < 4.78 is 4.92. The number of hydrogen-bond donors (Lipinski definition) is 5. The molecule has 49 heavy (non-hydrogen) atoms. The molecule has 0 saturated carbocycles. The van der Waals surface area contributed by atoms with Crippen LogP contribution in [-0.4, -0.2) is 72.1 Å². The van der Waals surface area contributed by atoms with Gasteiger partial charge in [0, 0.05) is 44.5 Å². The van der Waals surface area contributed by atoms with Crippen LogP contribution in [0, 0.1) is 17.8 Å². The van der Waals surface area contributed by atoms with E-state index < -0.39 is 23.9 Å². The molecule has 1 aromatic rings. The topological polar surface area (TPSA) is 206 Å². The molecule has 1 heterocycles. The minimum Gasteiger partial charge on any atom is -0.461 e. The second-order valence-electron chi connectivity index (χ2n) is 12.1. The van der Waals surface area contributed by atoms with Crippen LogP contribution in [0.1, 0.15) is 99.5 Å². The van der Waals surface area contributed by atoms with Gasteiger partial charge in [-0.2, -0.15) is 0 Å². The Balaban J connectivity index is 0.00000227. The number of nitrogens with zero attached hydrogens (tertiary/aromatic N) is 1. The molecule has 1 aliphatic rings. The maximum Gasteiger partial charge on any atom is 0.312 e. The quantitative estimate of drug-likeness (QED) is 0.0925. The number of primary amides is 1. The first-order valence-corrected chi connectivity index (χ1v) is 17.1. The van der Waals surface area contributed by atoms with Crippen LogP contribution in [0.25, 0.3) is 0 Å². The number of benzene rings is 1. The molecule has 276 valence electrons. The Kier molecular flexibility index (Phi) is 22.4. The van der Waals surface area contributed by atoms with E-state index in [1.165, 1.54) is 11.8 Å². The Bertz CT molecular complexity index is 1220. The van der Waals surface area contributed by atoms with Gasteiger partial charge in [-0.15, -0.1) is 0 Å². The van der Waals surface area contributed by atoms with Gasteiger partial charge in [0.15, 0.2) is 0 Å². The zero-order valence-corrected chi connectivity index (χ0v) is 30.5. The van der Waals surface area contributed by atoms with Gasteiger partial charge in [-0.1, -0.05) is 67.0 Å². The Labute approximate surface area is 291 Å². The molecule has 6 N–H and O–H groups in total. The number of unbranched alkanes of at least 4 members (excludes halogenated alkanes) is 2. The first kappa shape index (κ1) is 44.5. The smallest absolute Gasteiger partial charge is 0.312 e. The average Bonchev–Trinajstić information content (AvgIpc) is 3.34. The molecule has 1 saturated heterocycles. The molecular weight excluding hydrogens is 632 g/mol. The number of esters is 1. The summed E-state index contributed by atoms with van der Waals surface area (Å²) in [5.74, 6) is -2.08. The van der Waals surface area contributed by atoms with E-state index in [9.17, 15) is 33.6 Å². The Morgan fingerprint density at radius 2 is 1.57 bits per heavy atom. The van der Waals surface area contributed by atoms with Crippen LogP contribution >= 0.6 is 0 Å². The number of ether oxygens (including phenoxy) is 1. The van der Waals surface area contributed by atoms with Crippen molar-refractivity contribution >= 4 is 47.2 Å². The highest BCUT2D eigenvalue weighted by molar-refractivity contribution is 6.03. The molecule has 0 aliphatic carbocycles. The van der Waals surface area contributed by atoms with Gasteiger partial charge in [-0.05, 0) is 48.8 Å². The Hall–Kier alpha value is -4.49. The van der Waals surface area contributed by atoms with Crippen molar-refractivity contribution in [2.45, 2.75) is 107 Å². The van der Waals surface area contributed by atoms with Gasteiger partial charge in [0.25, 0.3) is 0 Å². The zero-order valence-electron chi connectivity index (χ0n) is 30.5. The molecule has 2 unspecified atom stereocenters. The number of amides is 7. The van der Waals surface area contributed by atoms with Crippen molar-refractivity contribution in [1.82, 2.24) is 20.9 Å². The third-order valence-corrected chi connectivity index (χ3v) is 7.29. The summed E-state index contributed by atoms with van der Waals surface area (Å²) in [4.78, 5) is 84.1. The number of carbonyl (C=O) groups is 7. The van der Waals surface area contributed by atoms with Crippen LogP contribution in [0.5, 0.6) is 0 Å². The zero-order chi connectivity index (χ0) is 37.5. The fourth-order valence-electron chi connectivity index (χ4n) is 4.58. The highest BCUT2D eigenvalue weighted by atomic mass is 16.5. The summed E-state index contributed by atoms with van der Waals surface area (Å²) in [6.07, 6.45) is 3.26. The van der Waals surface area contributed by atoms with E-state index in [4.69, 9.17) is 10.5 Å². The van der Waals surface area contributed by atoms with Crippen molar-refractivity contribution in [1.29, 1.82) is 0 Å². The van der Waals surface area contributed by atoms with E-state index in [0.717, 1.165) is 12.0 Å². The fraction of sp³-hybridized carbons (Fsp3) is 0.629. The van der Waals surface area contributed by atoms with Crippen molar-refractivity contribution in [3.8, 4) is 0 Å². The highest BCUT2D eigenvalue weighted by Crippen LogP contribution is 2.26. The lowest BCUT2D eigenvalue weighted by Crippen LogP contribution is -2.51. The number of nitrogens with two attached hydrogens (primary N) is 1. The predicted octanol–water partition coefficient (Wildman–Crippen LogP) is 3.63. The fourth-order valence-corrected chi connectivity index (χ4v) is 4.58. The summed E-state index contributed by atoms with van der Waals surface area (Å²) in [7, 11) is 0. The van der Waals surface area contributed by atoms with Gasteiger partial charge >= 0.3 is 12.0 Å². The second kappa shape index (κ2) is 24.6. The third-order valence-electron chi connectivity index (χ3n) is 7.29. The van der Waals surface area contributed by atoms with E-state index in [1.54, 1.807) is 38.1 Å². The van der Waals surface area contributed by atoms with Crippen LogP contribution < -0.4 is 27.0 Å². The largest absolute Gasteiger partial charge is 0.461 e. The molecule has 14 nitrogen and oxygen atoms in total. The van der Waals surface area contributed by atoms with E-state index >= 15 is 0 Å². The molecule has 1 fully saturated rings. The summed E-state index contributed by atoms with van der Waals surface area (Å²) in [5, 5.41) is 10.4. The number of nitrogens with one attached hydrogen (secondary N) is 4. The van der Waals surface area contributed by atoms with Gasteiger partial charge in [0.2, 0.25) is 29.5 Å². The van der Waals surface area contributed by atoms with E-state index in [2.05, 4.69) is 21.3 Å². The normalized spacial score (nSPS) is 14.2. The molecule has 0 spiro atoms. The number of urea groups is 1. The summed E-state index contributed by atoms with van der Waals surface area (Å²) >= 11 is 0. The summed E-state index contributed by atoms with van der Waals surface area (Å²) in [5.41, 5.74) is 6.03. The van der Waals surface area contributed by atoms with Gasteiger partial charge in [0.1, 0.15) is 12.6 Å². The van der Waals surface area contributed by atoms with Crippen LogP contribution in [0.2, 0.25) is 0 Å². The molecule has 14 heteroatoms. The number of carbonyl (C=O) groups excluding carboxylic acids is 7. The standard InChI is InChI=1S/C29H42N4O7.C4H10N2O.C2H6/c1-18(2)23-15-26(37)33(29(23)39)14-8-6-7-9-24(35)32-27(19(3)4)28(38)30-16-25(36)31-22-12-10-21(11-13-22)17-40-20(5)34;1-2-3-6-4(5)7;1-2/h10-13,18-19,23,27H,6-9,14-17H2,1-5H3,(H,30,38)(H,31,36)(H,32,35);2-3H2,1H3,(H3,5,6,7);1-2H3. The van der Waals surface area contributed by atoms with Crippen LogP contribution in [-0.2, 0) is 40.1 Å². The first-order chi connectivity index (χ1) is 23.2. The highest BCUT2D eigenvalue weighted by Gasteiger charge is 2.39. The lowest BCUT2D eigenvalue weighted by molar-refractivity contribution is -0.142. The third kappa shape index (κ3) is 18.6. The molecule has 0 bridgehead atoms. The lowest BCUT2D eigenvalue weighted by atomic mass is 9.94. The predicted molar refractivity (Wildman–Crippen MR) is 188 cm³/mol. The first-order valence-electron chi connectivity index (χ1n) is 17.1. The summed E-state index contributed by atoms with van der Waals surface area (Å²) in [6, 6.07) is 5.53. The number of imide groups is 1. The molecule has 0 radical (unpaired) electrons. The van der Waals surface area contributed by atoms with Crippen LogP contribution in [0.3, 0.4) is 0 Å². The van der Waals surface area contributed by atoms with Crippen molar-refractivity contribution < 1.29 is 38.3 Å². The maximum atomic E-state index is 12.7. The van der Waals surface area contributed by atoms with Crippen LogP contribution in [0.15, 0.2) is 24.3 Å². The molecule has 1 aliphatic heterocycles. The summed E-state index contributed by atoms with van der Waals surface area (Å²) in [6.45, 7) is 15.7. The lowest BCUT2D eigenvalue weighted by Gasteiger charge is -2.21. The second-order valence-corrected chi connectivity index (χ2v) is 12.1. The Morgan fingerprint density at radius 3 is 2.06 bits per heavy atom. The molecule has 7 amide bonds. The molecule has 0 aromatic heterocycles. The number of hydrogen-bond acceptors (Lipinski definition) is 8. The Morgan fingerprint density at radius 1 is 0.939 bits per heavy atom. The molecule has 2 atom stereocenters. The van der Waals surface area contributed by atoms with Crippen LogP contribution in [0.4, 0.5) is 10.5 Å². The molecule has 1 aromatic carbocycles. The maximum absolute atomic E-state index is 12.7. The monoisotopic (exact) mass is 690 g/mol. The number of likely N-dealkylation sites (tertiary alicyclic amines) is 1. The van der Waals surface area contributed by atoms with E-state index in [0.29, 0.717) is 38.0 Å². The van der Waals surface area contributed by atoms with E-state index in [1.807, 2.05) is 34.6 Å². The molecule has 2 rings (SSSR count). The molecular formula is C35H58N6O8. The SMILES string of the molecule is CC.CC(=O)OCc1ccc(NC(=O)CNC(=O)C(NC(=O)CCCCCN2C(=O)CC(C(C)C)C2=O)C(C)C)cc1.CCCNC(N)=O. The average molecular weight is 691 g/mol. The van der Waals surface area contributed by atoms with E-state index in [-0.39, 0.29) is 67.4 Å². The van der Waals surface area contributed by atoms with Crippen molar-refractivity contribution in [2.24, 2.45) is 23.5 Å². The van der Waals surface area contributed by atoms with Gasteiger partial charge in [-0.3, -0.25) is 33.7 Å². The minimum atomic E-state index is -0.798. The minimum absolute atomic E-state index is 0.105. The van der Waals surface area contributed by atoms with Crippen molar-refractivity contribution in [2.75, 3.05) is 25.0 Å².